The molecular weight excluding hydrogens is 288 g/mol. The Balaban J connectivity index is 1.93. The predicted octanol–water partition coefficient (Wildman–Crippen LogP) is 4.20. The summed E-state index contributed by atoms with van der Waals surface area (Å²) in [5.41, 5.74) is 5.57. The molecule has 1 N–H and O–H groups in total. The van der Waals surface area contributed by atoms with Gasteiger partial charge >= 0.3 is 0 Å². The van der Waals surface area contributed by atoms with Crippen molar-refractivity contribution in [1.82, 2.24) is 10.2 Å². The summed E-state index contributed by atoms with van der Waals surface area (Å²) < 4.78 is 1.17. The molecule has 0 aliphatic heterocycles. The van der Waals surface area contributed by atoms with Gasteiger partial charge in [0.1, 0.15) is 0 Å². The molecule has 94 valence electrons. The van der Waals surface area contributed by atoms with Gasteiger partial charge in [0, 0.05) is 16.6 Å². The van der Waals surface area contributed by atoms with Crippen molar-refractivity contribution in [1.29, 1.82) is 0 Å². The minimum atomic E-state index is 0.796. The Labute approximate surface area is 116 Å². The van der Waals surface area contributed by atoms with Gasteiger partial charge in [-0.2, -0.15) is 5.10 Å². The van der Waals surface area contributed by atoms with E-state index in [0.717, 1.165) is 18.8 Å². The molecular formula is C15H17BrN2. The van der Waals surface area contributed by atoms with Crippen molar-refractivity contribution in [2.24, 2.45) is 0 Å². The van der Waals surface area contributed by atoms with E-state index in [0.29, 0.717) is 0 Å². The maximum Gasteiger partial charge on any atom is 0.0525 e. The van der Waals surface area contributed by atoms with Crippen LogP contribution in [0.5, 0.6) is 0 Å². The molecule has 0 spiro atoms. The van der Waals surface area contributed by atoms with Crippen LogP contribution in [0.3, 0.4) is 0 Å². The van der Waals surface area contributed by atoms with Crippen molar-refractivity contribution in [2.45, 2.75) is 38.5 Å². The van der Waals surface area contributed by atoms with E-state index < -0.39 is 0 Å². The van der Waals surface area contributed by atoms with Crippen LogP contribution in [0.15, 0.2) is 28.9 Å². The Morgan fingerprint density at radius 2 is 2.17 bits per heavy atom. The van der Waals surface area contributed by atoms with Crippen LogP contribution in [0.2, 0.25) is 0 Å². The highest BCUT2D eigenvalue weighted by molar-refractivity contribution is 9.10. The van der Waals surface area contributed by atoms with Crippen molar-refractivity contribution in [3.8, 4) is 0 Å². The van der Waals surface area contributed by atoms with Crippen LogP contribution in [0.4, 0.5) is 0 Å². The zero-order valence-corrected chi connectivity index (χ0v) is 12.1. The lowest BCUT2D eigenvalue weighted by Crippen LogP contribution is -1.96. The molecule has 1 aliphatic carbocycles. The van der Waals surface area contributed by atoms with Gasteiger partial charge in [-0.05, 0) is 54.0 Å². The monoisotopic (exact) mass is 304 g/mol. The number of aromatic amines is 1. The third-order valence-corrected chi connectivity index (χ3v) is 4.16. The molecule has 3 heteroatoms. The van der Waals surface area contributed by atoms with Crippen molar-refractivity contribution in [3.63, 3.8) is 0 Å². The predicted molar refractivity (Wildman–Crippen MR) is 76.9 cm³/mol. The average Bonchev–Trinajstić information content (AvgIpc) is 3.10. The fraction of sp³-hybridized carbons (Fsp3) is 0.400. The van der Waals surface area contributed by atoms with Gasteiger partial charge in [0.15, 0.2) is 0 Å². The first-order valence-corrected chi connectivity index (χ1v) is 7.36. The lowest BCUT2D eigenvalue weighted by Gasteiger charge is -2.09. The minimum Gasteiger partial charge on any atom is -0.282 e. The molecule has 1 aromatic heterocycles. The summed E-state index contributed by atoms with van der Waals surface area (Å²) in [5.74, 6) is 0.796. The molecule has 0 radical (unpaired) electrons. The Morgan fingerprint density at radius 3 is 2.89 bits per heavy atom. The third kappa shape index (κ3) is 2.37. The van der Waals surface area contributed by atoms with Gasteiger partial charge in [-0.15, -0.1) is 0 Å². The number of hydrogen-bond acceptors (Lipinski definition) is 1. The van der Waals surface area contributed by atoms with Crippen molar-refractivity contribution in [3.05, 3.63) is 51.3 Å². The van der Waals surface area contributed by atoms with Gasteiger partial charge < -0.3 is 0 Å². The standard InChI is InChI=1S/C15H17BrN2/c1-2-15-12(9-17-18-15)7-11-8-13(16)5-6-14(11)10-3-4-10/h5-6,8-10H,2-4,7H2,1H3,(H,17,18). The molecule has 0 amide bonds. The number of nitrogens with zero attached hydrogens (tertiary/aromatic N) is 1. The van der Waals surface area contributed by atoms with Crippen molar-refractivity contribution >= 4 is 15.9 Å². The Morgan fingerprint density at radius 1 is 1.33 bits per heavy atom. The minimum absolute atomic E-state index is 0.796. The summed E-state index contributed by atoms with van der Waals surface area (Å²) in [5, 5.41) is 7.26. The molecule has 2 nitrogen and oxygen atoms in total. The highest BCUT2D eigenvalue weighted by Crippen LogP contribution is 2.42. The van der Waals surface area contributed by atoms with Crippen LogP contribution in [-0.2, 0) is 12.8 Å². The van der Waals surface area contributed by atoms with Gasteiger partial charge in [0.25, 0.3) is 0 Å². The van der Waals surface area contributed by atoms with Gasteiger partial charge in [0.05, 0.1) is 6.20 Å². The van der Waals surface area contributed by atoms with Gasteiger partial charge in [-0.3, -0.25) is 5.10 Å². The molecule has 1 saturated carbocycles. The molecule has 0 bridgehead atoms. The van der Waals surface area contributed by atoms with E-state index in [9.17, 15) is 0 Å². The van der Waals surface area contributed by atoms with Crippen LogP contribution in [0, 0.1) is 0 Å². The molecule has 0 atom stereocenters. The smallest absolute Gasteiger partial charge is 0.0525 e. The fourth-order valence-electron chi connectivity index (χ4n) is 2.52. The molecule has 3 rings (SSSR count). The molecule has 0 saturated heterocycles. The number of halogens is 1. The Bertz CT molecular complexity index is 555. The number of aryl methyl sites for hydroxylation is 1. The molecule has 1 aliphatic rings. The van der Waals surface area contributed by atoms with Gasteiger partial charge in [0.2, 0.25) is 0 Å². The van der Waals surface area contributed by atoms with E-state index in [-0.39, 0.29) is 0 Å². The van der Waals surface area contributed by atoms with E-state index in [4.69, 9.17) is 0 Å². The third-order valence-electron chi connectivity index (χ3n) is 3.66. The van der Waals surface area contributed by atoms with Crippen molar-refractivity contribution in [2.75, 3.05) is 0 Å². The Hall–Kier alpha value is -1.09. The summed E-state index contributed by atoms with van der Waals surface area (Å²) in [6, 6.07) is 6.70. The van der Waals surface area contributed by atoms with E-state index in [1.807, 2.05) is 6.20 Å². The first-order valence-electron chi connectivity index (χ1n) is 6.57. The van der Waals surface area contributed by atoms with Crippen LogP contribution < -0.4 is 0 Å². The van der Waals surface area contributed by atoms with Crippen LogP contribution in [0.25, 0.3) is 0 Å². The second kappa shape index (κ2) is 4.88. The molecule has 1 aromatic carbocycles. The zero-order valence-electron chi connectivity index (χ0n) is 10.5. The van der Waals surface area contributed by atoms with Crippen LogP contribution >= 0.6 is 15.9 Å². The van der Waals surface area contributed by atoms with Gasteiger partial charge in [-0.25, -0.2) is 0 Å². The molecule has 0 unspecified atom stereocenters. The number of benzene rings is 1. The lowest BCUT2D eigenvalue weighted by molar-refractivity contribution is 0.956. The molecule has 1 fully saturated rings. The van der Waals surface area contributed by atoms with E-state index in [1.165, 1.54) is 39.7 Å². The summed E-state index contributed by atoms with van der Waals surface area (Å²) >= 11 is 3.58. The molecule has 2 aromatic rings. The second-order valence-corrected chi connectivity index (χ2v) is 5.94. The SMILES string of the molecule is CCc1[nH]ncc1Cc1cc(Br)ccc1C1CC1. The van der Waals surface area contributed by atoms with E-state index >= 15 is 0 Å². The highest BCUT2D eigenvalue weighted by Gasteiger charge is 2.26. The van der Waals surface area contributed by atoms with Crippen LogP contribution in [0.1, 0.15) is 48.1 Å². The lowest BCUT2D eigenvalue weighted by atomic mass is 9.97. The van der Waals surface area contributed by atoms with Crippen molar-refractivity contribution < 1.29 is 0 Å². The molecule has 1 heterocycles. The Kier molecular flexibility index (Phi) is 3.25. The maximum atomic E-state index is 4.16. The summed E-state index contributed by atoms with van der Waals surface area (Å²) in [4.78, 5) is 0. The van der Waals surface area contributed by atoms with E-state index in [2.05, 4.69) is 51.3 Å². The maximum absolute atomic E-state index is 4.16. The summed E-state index contributed by atoms with van der Waals surface area (Å²) in [6.45, 7) is 2.17. The number of H-pyrrole nitrogens is 1. The summed E-state index contributed by atoms with van der Waals surface area (Å²) in [7, 11) is 0. The topological polar surface area (TPSA) is 28.7 Å². The van der Waals surface area contributed by atoms with Gasteiger partial charge in [-0.1, -0.05) is 28.9 Å². The molecule has 18 heavy (non-hydrogen) atoms. The normalized spacial score (nSPS) is 15.0. The zero-order chi connectivity index (χ0) is 12.5. The number of aromatic nitrogens is 2. The van der Waals surface area contributed by atoms with Crippen LogP contribution in [-0.4, -0.2) is 10.2 Å². The first-order chi connectivity index (χ1) is 8.78. The number of nitrogens with one attached hydrogen (secondary N) is 1. The fourth-order valence-corrected chi connectivity index (χ4v) is 2.93. The second-order valence-electron chi connectivity index (χ2n) is 5.02. The average molecular weight is 305 g/mol. The first kappa shape index (κ1) is 12.0. The number of hydrogen-bond donors (Lipinski definition) is 1. The quantitative estimate of drug-likeness (QED) is 0.901. The summed E-state index contributed by atoms with van der Waals surface area (Å²) in [6.07, 6.45) is 6.67. The number of rotatable bonds is 4. The highest BCUT2D eigenvalue weighted by atomic mass is 79.9. The van der Waals surface area contributed by atoms with E-state index in [1.54, 1.807) is 0 Å². The largest absolute Gasteiger partial charge is 0.282 e.